The molecular formula is C23H23F3N4O2. The van der Waals surface area contributed by atoms with E-state index in [9.17, 15) is 18.0 Å². The largest absolute Gasteiger partial charge is 0.488 e. The number of benzene rings is 1. The highest BCUT2D eigenvalue weighted by Crippen LogP contribution is 2.37. The smallest absolute Gasteiger partial charge is 0.433 e. The number of ether oxygens (including phenoxy) is 1. The van der Waals surface area contributed by atoms with Crippen molar-refractivity contribution in [3.63, 3.8) is 0 Å². The number of halogens is 3. The first-order valence-electron chi connectivity index (χ1n) is 10.9. The van der Waals surface area contributed by atoms with Crippen molar-refractivity contribution in [1.29, 1.82) is 0 Å². The molecule has 2 aliphatic carbocycles. The molecule has 0 aliphatic heterocycles. The van der Waals surface area contributed by atoms with E-state index < -0.39 is 17.8 Å². The zero-order valence-corrected chi connectivity index (χ0v) is 17.4. The molecule has 168 valence electrons. The van der Waals surface area contributed by atoms with Gasteiger partial charge in [-0.2, -0.15) is 18.3 Å². The fraction of sp³-hybridized carbons (Fsp3) is 0.435. The van der Waals surface area contributed by atoms with Gasteiger partial charge < -0.3 is 10.1 Å². The molecule has 9 heteroatoms. The lowest BCUT2D eigenvalue weighted by Crippen LogP contribution is -2.17. The molecule has 2 aromatic heterocycles. The number of rotatable bonds is 5. The Morgan fingerprint density at radius 3 is 2.59 bits per heavy atom. The van der Waals surface area contributed by atoms with Crippen LogP contribution >= 0.6 is 0 Å². The average Bonchev–Trinajstić information content (AvgIpc) is 3.50. The van der Waals surface area contributed by atoms with Gasteiger partial charge in [-0.15, -0.1) is 0 Å². The fourth-order valence-corrected chi connectivity index (χ4v) is 4.07. The number of nitrogens with one attached hydrogen (secondary N) is 1. The van der Waals surface area contributed by atoms with Gasteiger partial charge in [0.25, 0.3) is 5.91 Å². The molecule has 32 heavy (non-hydrogen) atoms. The molecule has 1 aromatic carbocycles. The van der Waals surface area contributed by atoms with E-state index in [4.69, 9.17) is 9.84 Å². The molecule has 5 rings (SSSR count). The third-order valence-corrected chi connectivity index (χ3v) is 5.91. The highest BCUT2D eigenvalue weighted by Gasteiger charge is 2.33. The molecule has 0 saturated heterocycles. The third kappa shape index (κ3) is 4.42. The summed E-state index contributed by atoms with van der Waals surface area (Å²) in [6.45, 7) is 0. The summed E-state index contributed by atoms with van der Waals surface area (Å²) < 4.78 is 46.9. The van der Waals surface area contributed by atoms with Crippen molar-refractivity contribution >= 4 is 22.5 Å². The van der Waals surface area contributed by atoms with E-state index in [0.29, 0.717) is 17.5 Å². The van der Waals surface area contributed by atoms with Gasteiger partial charge in [0.05, 0.1) is 23.3 Å². The molecule has 0 radical (unpaired) electrons. The summed E-state index contributed by atoms with van der Waals surface area (Å²) in [6.07, 6.45) is 5.06. The van der Waals surface area contributed by atoms with Gasteiger partial charge in [-0.25, -0.2) is 4.98 Å². The van der Waals surface area contributed by atoms with Crippen molar-refractivity contribution in [3.8, 4) is 5.75 Å². The van der Waals surface area contributed by atoms with Crippen molar-refractivity contribution in [2.75, 3.05) is 5.32 Å². The molecule has 2 saturated carbocycles. The van der Waals surface area contributed by atoms with E-state index >= 15 is 0 Å². The molecule has 2 fully saturated rings. The van der Waals surface area contributed by atoms with Crippen LogP contribution in [0, 0.1) is 0 Å². The molecule has 1 N–H and O–H groups in total. The van der Waals surface area contributed by atoms with Crippen LogP contribution in [0.3, 0.4) is 0 Å². The minimum atomic E-state index is -4.62. The monoisotopic (exact) mass is 444 g/mol. The lowest BCUT2D eigenvalue weighted by Gasteiger charge is -2.21. The third-order valence-electron chi connectivity index (χ3n) is 5.91. The summed E-state index contributed by atoms with van der Waals surface area (Å²) in [6, 6.07) is 7.18. The van der Waals surface area contributed by atoms with Gasteiger partial charge in [-0.05, 0) is 43.9 Å². The number of fused-ring (bicyclic) bond motifs is 1. The maximum atomic E-state index is 13.0. The molecule has 0 spiro atoms. The van der Waals surface area contributed by atoms with Crippen LogP contribution < -0.4 is 10.1 Å². The number of alkyl halides is 3. The molecule has 2 heterocycles. The van der Waals surface area contributed by atoms with Crippen LogP contribution in [-0.2, 0) is 6.18 Å². The van der Waals surface area contributed by atoms with Crippen LogP contribution in [-0.4, -0.2) is 26.8 Å². The summed E-state index contributed by atoms with van der Waals surface area (Å²) in [5.41, 5.74) is -0.253. The molecule has 1 amide bonds. The summed E-state index contributed by atoms with van der Waals surface area (Å²) in [5, 5.41) is 8.26. The van der Waals surface area contributed by atoms with Gasteiger partial charge in [-0.1, -0.05) is 25.3 Å². The number of pyridine rings is 1. The summed E-state index contributed by atoms with van der Waals surface area (Å²) >= 11 is 0. The molecule has 0 bridgehead atoms. The van der Waals surface area contributed by atoms with Gasteiger partial charge >= 0.3 is 6.18 Å². The number of hydrogen-bond donors (Lipinski definition) is 1. The first-order chi connectivity index (χ1) is 15.4. The molecular weight excluding hydrogens is 421 g/mol. The van der Waals surface area contributed by atoms with Gasteiger partial charge in [0.2, 0.25) is 0 Å². The Balaban J connectivity index is 1.45. The Hall–Kier alpha value is -3.10. The van der Waals surface area contributed by atoms with Gasteiger partial charge in [0, 0.05) is 17.6 Å². The standard InChI is InChI=1S/C23H23F3N4O2/c24-23(25,26)21-8-4-7-17(27-21)22(31)28-19-11-14-13-30(15-5-2-1-3-6-15)29-18(14)12-20(19)32-16-9-10-16/h4,7-8,11-13,15-16H,1-3,5-6,9-10H2,(H,28,31). The maximum absolute atomic E-state index is 13.0. The quantitative estimate of drug-likeness (QED) is 0.544. The summed E-state index contributed by atoms with van der Waals surface area (Å²) in [5.74, 6) is -0.259. The highest BCUT2D eigenvalue weighted by atomic mass is 19.4. The second-order valence-electron chi connectivity index (χ2n) is 8.49. The van der Waals surface area contributed by atoms with Crippen molar-refractivity contribution < 1.29 is 22.7 Å². The van der Waals surface area contributed by atoms with Crippen LogP contribution in [0.2, 0.25) is 0 Å². The van der Waals surface area contributed by atoms with Gasteiger partial charge in [0.15, 0.2) is 0 Å². The maximum Gasteiger partial charge on any atom is 0.433 e. The van der Waals surface area contributed by atoms with E-state index in [1.165, 1.54) is 31.4 Å². The zero-order valence-electron chi connectivity index (χ0n) is 17.4. The Kier molecular flexibility index (Phi) is 5.27. The van der Waals surface area contributed by atoms with Crippen molar-refractivity contribution in [1.82, 2.24) is 14.8 Å². The predicted octanol–water partition coefficient (Wildman–Crippen LogP) is 5.75. The lowest BCUT2D eigenvalue weighted by atomic mass is 9.96. The van der Waals surface area contributed by atoms with E-state index in [-0.39, 0.29) is 11.8 Å². The second-order valence-corrected chi connectivity index (χ2v) is 8.49. The van der Waals surface area contributed by atoms with Crippen LogP contribution in [0.25, 0.3) is 10.9 Å². The molecule has 3 aromatic rings. The Morgan fingerprint density at radius 2 is 1.88 bits per heavy atom. The van der Waals surface area contributed by atoms with E-state index in [1.807, 2.05) is 10.9 Å². The first kappa shape index (κ1) is 20.8. The van der Waals surface area contributed by atoms with Crippen LogP contribution in [0.1, 0.15) is 67.2 Å². The zero-order chi connectivity index (χ0) is 22.3. The number of amides is 1. The van der Waals surface area contributed by atoms with Crippen LogP contribution in [0.15, 0.2) is 36.5 Å². The van der Waals surface area contributed by atoms with E-state index in [2.05, 4.69) is 10.3 Å². The summed E-state index contributed by atoms with van der Waals surface area (Å²) in [4.78, 5) is 16.2. The number of nitrogens with zero attached hydrogens (tertiary/aromatic N) is 3. The second kappa shape index (κ2) is 8.11. The van der Waals surface area contributed by atoms with E-state index in [1.54, 1.807) is 12.1 Å². The molecule has 0 unspecified atom stereocenters. The first-order valence-corrected chi connectivity index (χ1v) is 10.9. The topological polar surface area (TPSA) is 69.0 Å². The van der Waals surface area contributed by atoms with Crippen LogP contribution in [0.5, 0.6) is 5.75 Å². The van der Waals surface area contributed by atoms with Gasteiger partial charge in [0.1, 0.15) is 17.1 Å². The highest BCUT2D eigenvalue weighted by molar-refractivity contribution is 6.05. The number of carbonyl (C=O) groups is 1. The van der Waals surface area contributed by atoms with E-state index in [0.717, 1.165) is 42.7 Å². The van der Waals surface area contributed by atoms with Crippen molar-refractivity contribution in [2.24, 2.45) is 0 Å². The molecule has 6 nitrogen and oxygen atoms in total. The SMILES string of the molecule is O=C(Nc1cc2cn(C3CCCCC3)nc2cc1OC1CC1)c1cccc(C(F)(F)F)n1. The number of aromatic nitrogens is 3. The molecule has 2 aliphatic rings. The fourth-order valence-electron chi connectivity index (χ4n) is 4.07. The Morgan fingerprint density at radius 1 is 1.09 bits per heavy atom. The van der Waals surface area contributed by atoms with Crippen LogP contribution in [0.4, 0.5) is 18.9 Å². The number of hydrogen-bond acceptors (Lipinski definition) is 4. The van der Waals surface area contributed by atoms with Crippen molar-refractivity contribution in [2.45, 2.75) is 63.3 Å². The molecule has 0 atom stereocenters. The van der Waals surface area contributed by atoms with Crippen molar-refractivity contribution in [3.05, 3.63) is 47.9 Å². The number of anilines is 1. The predicted molar refractivity (Wildman–Crippen MR) is 113 cm³/mol. The minimum absolute atomic E-state index is 0.0789. The minimum Gasteiger partial charge on any atom is -0.488 e. The Labute approximate surface area is 182 Å². The summed E-state index contributed by atoms with van der Waals surface area (Å²) in [7, 11) is 0. The number of carbonyl (C=O) groups excluding carboxylic acids is 1. The average molecular weight is 444 g/mol. The lowest BCUT2D eigenvalue weighted by molar-refractivity contribution is -0.141. The van der Waals surface area contributed by atoms with Gasteiger partial charge in [-0.3, -0.25) is 9.48 Å². The normalized spacial score (nSPS) is 17.5. The Bertz CT molecular complexity index is 1150.